The van der Waals surface area contributed by atoms with Gasteiger partial charge in [0.05, 0.1) is 13.2 Å². The number of morpholine rings is 1. The zero-order valence-corrected chi connectivity index (χ0v) is 8.91. The number of hydrogen-bond donors (Lipinski definition) is 0. The van der Waals surface area contributed by atoms with E-state index in [0.717, 1.165) is 18.9 Å². The molecule has 1 saturated heterocycles. The van der Waals surface area contributed by atoms with Gasteiger partial charge in [0.25, 0.3) is 0 Å². The molecule has 2 heterocycles. The van der Waals surface area contributed by atoms with E-state index in [0.29, 0.717) is 30.2 Å². The Bertz CT molecular complexity index is 364. The van der Waals surface area contributed by atoms with Crippen LogP contribution in [0.25, 0.3) is 0 Å². The number of halogens is 1. The van der Waals surface area contributed by atoms with Crippen molar-refractivity contribution in [3.8, 4) is 0 Å². The van der Waals surface area contributed by atoms with Gasteiger partial charge in [0.2, 0.25) is 0 Å². The first-order valence-electron chi connectivity index (χ1n) is 4.75. The fourth-order valence-corrected chi connectivity index (χ4v) is 1.73. The second kappa shape index (κ2) is 4.59. The molecule has 0 radical (unpaired) electrons. The number of rotatable bonds is 2. The molecule has 1 aromatic heterocycles. The molecule has 0 amide bonds. The number of carbonyl (C=O) groups is 1. The van der Waals surface area contributed by atoms with Crippen LogP contribution < -0.4 is 4.90 Å². The van der Waals surface area contributed by atoms with E-state index in [4.69, 9.17) is 16.3 Å². The zero-order chi connectivity index (χ0) is 10.7. The minimum atomic E-state index is 0.365. The average molecular weight is 227 g/mol. The molecule has 0 spiro atoms. The highest BCUT2D eigenvalue weighted by Crippen LogP contribution is 2.19. The summed E-state index contributed by atoms with van der Waals surface area (Å²) in [7, 11) is 0. The molecule has 80 valence electrons. The minimum Gasteiger partial charge on any atom is -0.378 e. The predicted molar refractivity (Wildman–Crippen MR) is 57.7 cm³/mol. The van der Waals surface area contributed by atoms with Crippen molar-refractivity contribution in [3.05, 3.63) is 22.8 Å². The predicted octanol–water partition coefficient (Wildman–Crippen LogP) is 1.38. The lowest BCUT2D eigenvalue weighted by atomic mass is 10.3. The van der Waals surface area contributed by atoms with E-state index in [2.05, 4.69) is 9.88 Å². The Morgan fingerprint density at radius 1 is 1.40 bits per heavy atom. The molecular formula is C10H11ClN2O2. The molecule has 5 heteroatoms. The summed E-state index contributed by atoms with van der Waals surface area (Å²) in [6.45, 7) is 2.94. The second-order valence-electron chi connectivity index (χ2n) is 3.29. The van der Waals surface area contributed by atoms with Crippen molar-refractivity contribution in [1.82, 2.24) is 4.98 Å². The summed E-state index contributed by atoms with van der Waals surface area (Å²) in [4.78, 5) is 16.9. The standard InChI is InChI=1S/C10H11ClN2O2/c11-8-5-9(7-14)12-10(6-8)13-1-3-15-4-2-13/h5-7H,1-4H2. The van der Waals surface area contributed by atoms with Crippen LogP contribution in [0.2, 0.25) is 5.02 Å². The van der Waals surface area contributed by atoms with Gasteiger partial charge in [0.15, 0.2) is 6.29 Å². The highest BCUT2D eigenvalue weighted by atomic mass is 35.5. The Kier molecular flexibility index (Phi) is 3.18. The first-order valence-corrected chi connectivity index (χ1v) is 5.13. The molecule has 0 bridgehead atoms. The van der Waals surface area contributed by atoms with Crippen molar-refractivity contribution in [1.29, 1.82) is 0 Å². The third-order valence-electron chi connectivity index (χ3n) is 2.25. The van der Waals surface area contributed by atoms with Crippen LogP contribution >= 0.6 is 11.6 Å². The largest absolute Gasteiger partial charge is 0.378 e. The Labute approximate surface area is 92.8 Å². The summed E-state index contributed by atoms with van der Waals surface area (Å²) in [5.41, 5.74) is 0.365. The molecule has 1 aliphatic rings. The highest BCUT2D eigenvalue weighted by Gasteiger charge is 2.13. The summed E-state index contributed by atoms with van der Waals surface area (Å²) in [5.74, 6) is 0.743. The number of ether oxygens (including phenoxy) is 1. The van der Waals surface area contributed by atoms with Crippen molar-refractivity contribution in [3.63, 3.8) is 0 Å². The monoisotopic (exact) mass is 226 g/mol. The maximum Gasteiger partial charge on any atom is 0.168 e. The number of pyridine rings is 1. The number of aldehydes is 1. The first-order chi connectivity index (χ1) is 7.29. The molecule has 1 fully saturated rings. The normalized spacial score (nSPS) is 16.5. The maximum atomic E-state index is 10.6. The number of nitrogens with zero attached hydrogens (tertiary/aromatic N) is 2. The highest BCUT2D eigenvalue weighted by molar-refractivity contribution is 6.31. The van der Waals surface area contributed by atoms with Gasteiger partial charge >= 0.3 is 0 Å². The Balaban J connectivity index is 2.25. The smallest absolute Gasteiger partial charge is 0.168 e. The zero-order valence-electron chi connectivity index (χ0n) is 8.15. The van der Waals surface area contributed by atoms with Crippen molar-refractivity contribution in [2.75, 3.05) is 31.2 Å². The van der Waals surface area contributed by atoms with Crippen molar-refractivity contribution >= 4 is 23.7 Å². The van der Waals surface area contributed by atoms with E-state index in [1.54, 1.807) is 12.1 Å². The first kappa shape index (κ1) is 10.4. The third-order valence-corrected chi connectivity index (χ3v) is 2.47. The lowest BCUT2D eigenvalue weighted by Gasteiger charge is -2.27. The molecule has 4 nitrogen and oxygen atoms in total. The van der Waals surface area contributed by atoms with Gasteiger partial charge in [0, 0.05) is 18.1 Å². The number of anilines is 1. The molecule has 2 rings (SSSR count). The van der Waals surface area contributed by atoms with Gasteiger partial charge in [0.1, 0.15) is 11.5 Å². The average Bonchev–Trinajstić information content (AvgIpc) is 2.29. The fraction of sp³-hybridized carbons (Fsp3) is 0.400. The van der Waals surface area contributed by atoms with Gasteiger partial charge in [-0.05, 0) is 12.1 Å². The summed E-state index contributed by atoms with van der Waals surface area (Å²) < 4.78 is 5.24. The van der Waals surface area contributed by atoms with Crippen LogP contribution in [0, 0.1) is 0 Å². The van der Waals surface area contributed by atoms with Gasteiger partial charge in [-0.2, -0.15) is 0 Å². The molecule has 0 unspecified atom stereocenters. The topological polar surface area (TPSA) is 42.4 Å². The maximum absolute atomic E-state index is 10.6. The van der Waals surface area contributed by atoms with Crippen LogP contribution in [0.1, 0.15) is 10.5 Å². The van der Waals surface area contributed by atoms with Gasteiger partial charge < -0.3 is 9.64 Å². The van der Waals surface area contributed by atoms with Crippen LogP contribution in [0.15, 0.2) is 12.1 Å². The van der Waals surface area contributed by atoms with E-state index < -0.39 is 0 Å². The SMILES string of the molecule is O=Cc1cc(Cl)cc(N2CCOCC2)n1. The molecular weight excluding hydrogens is 216 g/mol. The lowest BCUT2D eigenvalue weighted by molar-refractivity contribution is 0.111. The summed E-state index contributed by atoms with van der Waals surface area (Å²) in [6, 6.07) is 3.32. The molecule has 0 aliphatic carbocycles. The van der Waals surface area contributed by atoms with Crippen LogP contribution in [0.4, 0.5) is 5.82 Å². The van der Waals surface area contributed by atoms with Crippen molar-refractivity contribution < 1.29 is 9.53 Å². The minimum absolute atomic E-state index is 0.365. The molecule has 0 saturated carbocycles. The summed E-state index contributed by atoms with van der Waals surface area (Å²) in [6.07, 6.45) is 0.704. The lowest BCUT2D eigenvalue weighted by Crippen LogP contribution is -2.36. The summed E-state index contributed by atoms with van der Waals surface area (Å²) in [5, 5.41) is 0.536. The Morgan fingerprint density at radius 3 is 2.80 bits per heavy atom. The quantitative estimate of drug-likeness (QED) is 0.715. The van der Waals surface area contributed by atoms with Crippen LogP contribution in [-0.4, -0.2) is 37.6 Å². The molecule has 1 aliphatic heterocycles. The number of aromatic nitrogens is 1. The van der Waals surface area contributed by atoms with Gasteiger partial charge in [-0.3, -0.25) is 4.79 Å². The number of carbonyl (C=O) groups excluding carboxylic acids is 1. The molecule has 15 heavy (non-hydrogen) atoms. The van der Waals surface area contributed by atoms with E-state index in [1.807, 2.05) is 0 Å². The second-order valence-corrected chi connectivity index (χ2v) is 3.72. The van der Waals surface area contributed by atoms with Crippen LogP contribution in [0.3, 0.4) is 0 Å². The van der Waals surface area contributed by atoms with E-state index in [9.17, 15) is 4.79 Å². The van der Waals surface area contributed by atoms with Gasteiger partial charge in [-0.15, -0.1) is 0 Å². The summed E-state index contributed by atoms with van der Waals surface area (Å²) >= 11 is 5.89. The van der Waals surface area contributed by atoms with Gasteiger partial charge in [-0.1, -0.05) is 11.6 Å². The van der Waals surface area contributed by atoms with Crippen molar-refractivity contribution in [2.24, 2.45) is 0 Å². The van der Waals surface area contributed by atoms with Gasteiger partial charge in [-0.25, -0.2) is 4.98 Å². The van der Waals surface area contributed by atoms with Crippen molar-refractivity contribution in [2.45, 2.75) is 0 Å². The molecule has 0 atom stereocenters. The van der Waals surface area contributed by atoms with Crippen LogP contribution in [-0.2, 0) is 4.74 Å². The van der Waals surface area contributed by atoms with Crippen LogP contribution in [0.5, 0.6) is 0 Å². The Hall–Kier alpha value is -1.13. The number of hydrogen-bond acceptors (Lipinski definition) is 4. The molecule has 0 N–H and O–H groups in total. The fourth-order valence-electron chi connectivity index (χ4n) is 1.52. The van der Waals surface area contributed by atoms with E-state index in [-0.39, 0.29) is 0 Å². The molecule has 0 aromatic carbocycles. The third kappa shape index (κ3) is 2.46. The molecule has 1 aromatic rings. The van der Waals surface area contributed by atoms with E-state index in [1.165, 1.54) is 0 Å². The Morgan fingerprint density at radius 2 is 2.13 bits per heavy atom. The van der Waals surface area contributed by atoms with E-state index >= 15 is 0 Å².